The number of hydrogen-bond donors (Lipinski definition) is 1. The zero-order chi connectivity index (χ0) is 23.6. The van der Waals surface area contributed by atoms with Crippen molar-refractivity contribution < 1.29 is 9.53 Å². The Morgan fingerprint density at radius 1 is 0.912 bits per heavy atom. The Morgan fingerprint density at radius 3 is 2.53 bits per heavy atom. The lowest BCUT2D eigenvalue weighted by Gasteiger charge is -2.11. The summed E-state index contributed by atoms with van der Waals surface area (Å²) >= 11 is 6.16. The zero-order valence-corrected chi connectivity index (χ0v) is 20.0. The van der Waals surface area contributed by atoms with E-state index in [2.05, 4.69) is 28.1 Å². The molecule has 6 heteroatoms. The second-order valence-electron chi connectivity index (χ2n) is 8.24. The summed E-state index contributed by atoms with van der Waals surface area (Å²) in [6, 6.07) is 25.8. The van der Waals surface area contributed by atoms with Crippen molar-refractivity contribution >= 4 is 28.5 Å². The van der Waals surface area contributed by atoms with Crippen LogP contribution in [0.15, 0.2) is 78.9 Å². The van der Waals surface area contributed by atoms with Gasteiger partial charge in [0.05, 0.1) is 22.7 Å². The van der Waals surface area contributed by atoms with Gasteiger partial charge in [-0.25, -0.2) is 4.98 Å². The smallest absolute Gasteiger partial charge is 0.220 e. The molecule has 0 bridgehead atoms. The molecule has 0 atom stereocenters. The number of imidazole rings is 1. The summed E-state index contributed by atoms with van der Waals surface area (Å²) in [5, 5.41) is 3.68. The molecule has 1 N–H and O–H groups in total. The third-order valence-corrected chi connectivity index (χ3v) is 6.07. The first-order valence-electron chi connectivity index (χ1n) is 11.8. The van der Waals surface area contributed by atoms with E-state index in [1.807, 2.05) is 60.7 Å². The average Bonchev–Trinajstić information content (AvgIpc) is 3.21. The maximum atomic E-state index is 12.3. The predicted molar refractivity (Wildman–Crippen MR) is 137 cm³/mol. The Bertz CT molecular complexity index is 1210. The fourth-order valence-corrected chi connectivity index (χ4v) is 4.18. The van der Waals surface area contributed by atoms with Crippen LogP contribution < -0.4 is 10.1 Å². The lowest BCUT2D eigenvalue weighted by atomic mass is 10.1. The summed E-state index contributed by atoms with van der Waals surface area (Å²) in [7, 11) is 0. The van der Waals surface area contributed by atoms with Crippen LogP contribution >= 0.6 is 11.6 Å². The number of amides is 1. The van der Waals surface area contributed by atoms with Gasteiger partial charge in [-0.15, -0.1) is 0 Å². The van der Waals surface area contributed by atoms with E-state index in [-0.39, 0.29) is 5.91 Å². The lowest BCUT2D eigenvalue weighted by Crippen LogP contribution is -2.26. The average molecular weight is 476 g/mol. The molecule has 176 valence electrons. The molecule has 0 saturated carbocycles. The highest BCUT2D eigenvalue weighted by Gasteiger charge is 2.11. The molecule has 34 heavy (non-hydrogen) atoms. The van der Waals surface area contributed by atoms with Gasteiger partial charge in [0.1, 0.15) is 11.6 Å². The van der Waals surface area contributed by atoms with E-state index in [0.29, 0.717) is 31.0 Å². The van der Waals surface area contributed by atoms with Crippen molar-refractivity contribution in [3.8, 4) is 5.75 Å². The van der Waals surface area contributed by atoms with Crippen LogP contribution in [-0.4, -0.2) is 28.6 Å². The number of aryl methyl sites for hydroxylation is 2. The minimum Gasteiger partial charge on any atom is -0.492 e. The van der Waals surface area contributed by atoms with E-state index in [1.54, 1.807) is 0 Å². The number of ether oxygens (including phenoxy) is 1. The number of nitrogens with one attached hydrogen (secondary N) is 1. The zero-order valence-electron chi connectivity index (χ0n) is 19.3. The Labute approximate surface area is 205 Å². The molecule has 5 nitrogen and oxygen atoms in total. The van der Waals surface area contributed by atoms with Crippen molar-refractivity contribution in [2.24, 2.45) is 0 Å². The number of rotatable bonds is 12. The molecule has 0 radical (unpaired) electrons. The lowest BCUT2D eigenvalue weighted by molar-refractivity contribution is -0.121. The molecule has 0 aliphatic heterocycles. The van der Waals surface area contributed by atoms with Gasteiger partial charge in [0.15, 0.2) is 0 Å². The van der Waals surface area contributed by atoms with Crippen LogP contribution in [0.25, 0.3) is 11.0 Å². The normalized spacial score (nSPS) is 11.0. The molecule has 0 spiro atoms. The van der Waals surface area contributed by atoms with Gasteiger partial charge >= 0.3 is 0 Å². The molecule has 0 aliphatic rings. The molecule has 1 amide bonds. The van der Waals surface area contributed by atoms with Gasteiger partial charge in [-0.05, 0) is 49.1 Å². The maximum absolute atomic E-state index is 12.3. The first kappa shape index (κ1) is 23.8. The highest BCUT2D eigenvalue weighted by molar-refractivity contribution is 6.32. The standard InChI is InChI=1S/C28H30ClN3O2/c29-23-12-4-7-15-26(23)34-21-9-8-20-32-25-14-6-5-13-24(25)31-27(32)18-19-30-28(33)17-16-22-10-2-1-3-11-22/h1-7,10-15H,8-9,16-21H2,(H,30,33). The van der Waals surface area contributed by atoms with Crippen LogP contribution in [0.3, 0.4) is 0 Å². The van der Waals surface area contributed by atoms with Crippen LogP contribution in [0.2, 0.25) is 5.02 Å². The fraction of sp³-hybridized carbons (Fsp3) is 0.286. The van der Waals surface area contributed by atoms with Crippen molar-refractivity contribution in [1.29, 1.82) is 0 Å². The summed E-state index contributed by atoms with van der Waals surface area (Å²) in [5.74, 6) is 1.79. The largest absolute Gasteiger partial charge is 0.492 e. The Kier molecular flexibility index (Phi) is 8.58. The molecule has 1 aromatic heterocycles. The second kappa shape index (κ2) is 12.2. The number of fused-ring (bicyclic) bond motifs is 1. The third-order valence-electron chi connectivity index (χ3n) is 5.76. The summed E-state index contributed by atoms with van der Waals surface area (Å²) in [5.41, 5.74) is 3.29. The van der Waals surface area contributed by atoms with Gasteiger partial charge in [0.2, 0.25) is 5.91 Å². The Balaban J connectivity index is 1.27. The molecular formula is C28H30ClN3O2. The van der Waals surface area contributed by atoms with Gasteiger partial charge in [-0.3, -0.25) is 4.79 Å². The van der Waals surface area contributed by atoms with Crippen LogP contribution in [0.4, 0.5) is 0 Å². The van der Waals surface area contributed by atoms with Crippen molar-refractivity contribution in [3.63, 3.8) is 0 Å². The van der Waals surface area contributed by atoms with Crippen LogP contribution in [0.5, 0.6) is 5.75 Å². The van der Waals surface area contributed by atoms with Gasteiger partial charge in [-0.2, -0.15) is 0 Å². The third kappa shape index (κ3) is 6.61. The van der Waals surface area contributed by atoms with Crippen molar-refractivity contribution in [1.82, 2.24) is 14.9 Å². The number of para-hydroxylation sites is 3. The molecule has 4 aromatic rings. The van der Waals surface area contributed by atoms with Crippen LogP contribution in [-0.2, 0) is 24.2 Å². The van der Waals surface area contributed by atoms with E-state index >= 15 is 0 Å². The number of aromatic nitrogens is 2. The van der Waals surface area contributed by atoms with E-state index in [0.717, 1.165) is 48.4 Å². The number of halogens is 1. The number of hydrogen-bond acceptors (Lipinski definition) is 3. The van der Waals surface area contributed by atoms with Gasteiger partial charge in [0.25, 0.3) is 0 Å². The van der Waals surface area contributed by atoms with Gasteiger partial charge < -0.3 is 14.6 Å². The monoisotopic (exact) mass is 475 g/mol. The number of benzene rings is 3. The molecule has 4 rings (SSSR count). The molecule has 0 unspecified atom stereocenters. The molecule has 0 aliphatic carbocycles. The number of unbranched alkanes of at least 4 members (excludes halogenated alkanes) is 1. The Hall–Kier alpha value is -3.31. The Morgan fingerprint density at radius 2 is 1.68 bits per heavy atom. The van der Waals surface area contributed by atoms with Crippen LogP contribution in [0, 0.1) is 0 Å². The minimum atomic E-state index is 0.0724. The summed E-state index contributed by atoms with van der Waals surface area (Å²) in [4.78, 5) is 17.1. The van der Waals surface area contributed by atoms with E-state index in [4.69, 9.17) is 21.3 Å². The fourth-order valence-electron chi connectivity index (χ4n) is 3.99. The molecule has 0 saturated heterocycles. The van der Waals surface area contributed by atoms with Crippen LogP contribution in [0.1, 0.15) is 30.7 Å². The highest BCUT2D eigenvalue weighted by Crippen LogP contribution is 2.23. The predicted octanol–water partition coefficient (Wildman–Crippen LogP) is 5.84. The summed E-state index contributed by atoms with van der Waals surface area (Å²) in [6.45, 7) is 2.04. The summed E-state index contributed by atoms with van der Waals surface area (Å²) in [6.07, 6.45) is 3.81. The molecule has 0 fully saturated rings. The highest BCUT2D eigenvalue weighted by atomic mass is 35.5. The first-order valence-corrected chi connectivity index (χ1v) is 12.2. The second-order valence-corrected chi connectivity index (χ2v) is 8.65. The number of nitrogens with zero attached hydrogens (tertiary/aromatic N) is 2. The number of carbonyl (C=O) groups excluding carboxylic acids is 1. The number of carbonyl (C=O) groups is 1. The van der Waals surface area contributed by atoms with Gasteiger partial charge in [-0.1, -0.05) is 66.2 Å². The maximum Gasteiger partial charge on any atom is 0.220 e. The molecule has 3 aromatic carbocycles. The summed E-state index contributed by atoms with van der Waals surface area (Å²) < 4.78 is 8.08. The van der Waals surface area contributed by atoms with Crippen molar-refractivity contribution in [3.05, 3.63) is 95.3 Å². The van der Waals surface area contributed by atoms with Crippen molar-refractivity contribution in [2.45, 2.75) is 38.6 Å². The van der Waals surface area contributed by atoms with E-state index < -0.39 is 0 Å². The van der Waals surface area contributed by atoms with Crippen molar-refractivity contribution in [2.75, 3.05) is 13.2 Å². The quantitative estimate of drug-likeness (QED) is 0.262. The minimum absolute atomic E-state index is 0.0724. The topological polar surface area (TPSA) is 56.2 Å². The SMILES string of the molecule is O=C(CCc1ccccc1)NCCc1nc2ccccc2n1CCCCOc1ccccc1Cl. The van der Waals surface area contributed by atoms with E-state index in [1.165, 1.54) is 5.56 Å². The van der Waals surface area contributed by atoms with Gasteiger partial charge in [0, 0.05) is 25.9 Å². The molecule has 1 heterocycles. The van der Waals surface area contributed by atoms with E-state index in [9.17, 15) is 4.79 Å². The first-order chi connectivity index (χ1) is 16.7. The molecular weight excluding hydrogens is 446 g/mol.